The molecule has 100 valence electrons. The van der Waals surface area contributed by atoms with E-state index >= 15 is 0 Å². The Morgan fingerprint density at radius 1 is 1.00 bits per heavy atom. The van der Waals surface area contributed by atoms with Gasteiger partial charge >= 0.3 is 0 Å². The Kier molecular flexibility index (Phi) is 3.87. The van der Waals surface area contributed by atoms with Gasteiger partial charge in [-0.05, 0) is 26.0 Å². The highest BCUT2D eigenvalue weighted by atomic mass is 16.7. The summed E-state index contributed by atoms with van der Waals surface area (Å²) in [5, 5.41) is 29.0. The van der Waals surface area contributed by atoms with Gasteiger partial charge in [-0.3, -0.25) is 0 Å². The molecule has 3 N–H and O–H groups in total. The van der Waals surface area contributed by atoms with Crippen LogP contribution in [0.25, 0.3) is 0 Å². The lowest BCUT2D eigenvalue weighted by Gasteiger charge is -2.38. The molecule has 0 aliphatic carbocycles. The molecule has 0 aromatic heterocycles. The van der Waals surface area contributed by atoms with Crippen LogP contribution in [0.1, 0.15) is 12.5 Å². The lowest BCUT2D eigenvalue weighted by molar-refractivity contribution is -0.268. The normalized spacial score (nSPS) is 36.4. The molecule has 1 aromatic rings. The van der Waals surface area contributed by atoms with Crippen LogP contribution in [0.4, 0.5) is 0 Å². The van der Waals surface area contributed by atoms with E-state index in [1.807, 2.05) is 19.1 Å². The SMILES string of the molecule is Cc1ccc(OC2O[C@H](C)[C@@H](O)[C@H](O)[C@@H]2O)cc1. The third-order valence-electron chi connectivity index (χ3n) is 3.08. The van der Waals surface area contributed by atoms with Gasteiger partial charge < -0.3 is 24.8 Å². The van der Waals surface area contributed by atoms with E-state index in [4.69, 9.17) is 9.47 Å². The predicted octanol–water partition coefficient (Wildman–Crippen LogP) is 0.201. The molecule has 5 heteroatoms. The standard InChI is InChI=1S/C13H18O5/c1-7-3-5-9(6-4-7)18-13-12(16)11(15)10(14)8(2)17-13/h3-6,8,10-16H,1-2H3/t8-,10-,11+,12+,13?/m1/s1. The van der Waals surface area contributed by atoms with Crippen molar-refractivity contribution in [1.29, 1.82) is 0 Å². The van der Waals surface area contributed by atoms with Crippen LogP contribution < -0.4 is 4.74 Å². The summed E-state index contributed by atoms with van der Waals surface area (Å²) in [6.45, 7) is 3.57. The van der Waals surface area contributed by atoms with Gasteiger partial charge in [-0.2, -0.15) is 0 Å². The first-order chi connectivity index (χ1) is 8.49. The van der Waals surface area contributed by atoms with Crippen LogP contribution in [0.15, 0.2) is 24.3 Å². The highest BCUT2D eigenvalue weighted by Crippen LogP contribution is 2.24. The first-order valence-electron chi connectivity index (χ1n) is 5.92. The molecule has 0 amide bonds. The van der Waals surface area contributed by atoms with E-state index in [1.54, 1.807) is 19.1 Å². The fourth-order valence-electron chi connectivity index (χ4n) is 1.86. The zero-order chi connectivity index (χ0) is 13.3. The van der Waals surface area contributed by atoms with Crippen LogP contribution in [-0.4, -0.2) is 46.0 Å². The van der Waals surface area contributed by atoms with E-state index in [0.29, 0.717) is 5.75 Å². The molecule has 1 heterocycles. The van der Waals surface area contributed by atoms with Crippen molar-refractivity contribution in [2.24, 2.45) is 0 Å². The van der Waals surface area contributed by atoms with E-state index in [2.05, 4.69) is 0 Å². The van der Waals surface area contributed by atoms with Crippen LogP contribution in [0.5, 0.6) is 5.75 Å². The summed E-state index contributed by atoms with van der Waals surface area (Å²) in [6, 6.07) is 7.26. The fraction of sp³-hybridized carbons (Fsp3) is 0.538. The Morgan fingerprint density at radius 3 is 2.22 bits per heavy atom. The molecule has 1 aliphatic rings. The van der Waals surface area contributed by atoms with E-state index < -0.39 is 30.7 Å². The zero-order valence-corrected chi connectivity index (χ0v) is 10.4. The quantitative estimate of drug-likeness (QED) is 0.702. The van der Waals surface area contributed by atoms with Gasteiger partial charge in [0.2, 0.25) is 6.29 Å². The van der Waals surface area contributed by atoms with Gasteiger partial charge in [0.1, 0.15) is 24.1 Å². The van der Waals surface area contributed by atoms with Crippen molar-refractivity contribution in [1.82, 2.24) is 0 Å². The predicted molar refractivity (Wildman–Crippen MR) is 64.2 cm³/mol. The molecule has 1 aliphatic heterocycles. The van der Waals surface area contributed by atoms with Crippen molar-refractivity contribution in [2.45, 2.75) is 44.6 Å². The third kappa shape index (κ3) is 2.64. The maximum absolute atomic E-state index is 9.78. The Bertz CT molecular complexity index is 391. The summed E-state index contributed by atoms with van der Waals surface area (Å²) in [6.07, 6.45) is -5.25. The summed E-state index contributed by atoms with van der Waals surface area (Å²) in [5.74, 6) is 0.542. The summed E-state index contributed by atoms with van der Waals surface area (Å²) < 4.78 is 10.8. The van der Waals surface area contributed by atoms with Crippen LogP contribution in [0.2, 0.25) is 0 Å². The molecule has 1 fully saturated rings. The highest BCUT2D eigenvalue weighted by molar-refractivity contribution is 5.26. The minimum atomic E-state index is -1.28. The van der Waals surface area contributed by atoms with Crippen molar-refractivity contribution in [3.63, 3.8) is 0 Å². The largest absolute Gasteiger partial charge is 0.462 e. The molecule has 0 saturated carbocycles. The Hall–Kier alpha value is -1.14. The van der Waals surface area contributed by atoms with Gasteiger partial charge in [0, 0.05) is 0 Å². The lowest BCUT2D eigenvalue weighted by Crippen LogP contribution is -2.58. The second kappa shape index (κ2) is 5.24. The average molecular weight is 254 g/mol. The number of hydrogen-bond donors (Lipinski definition) is 3. The van der Waals surface area contributed by atoms with Crippen molar-refractivity contribution in [3.05, 3.63) is 29.8 Å². The molecular formula is C13H18O5. The van der Waals surface area contributed by atoms with E-state index in [-0.39, 0.29) is 0 Å². The molecule has 0 spiro atoms. The summed E-state index contributed by atoms with van der Waals surface area (Å²) in [5.41, 5.74) is 1.09. The van der Waals surface area contributed by atoms with Crippen LogP contribution in [0.3, 0.4) is 0 Å². The second-order valence-electron chi connectivity index (χ2n) is 4.61. The van der Waals surface area contributed by atoms with E-state index in [0.717, 1.165) is 5.56 Å². The zero-order valence-electron chi connectivity index (χ0n) is 10.4. The van der Waals surface area contributed by atoms with Gasteiger partial charge in [0.15, 0.2) is 0 Å². The number of aryl methyl sites for hydroxylation is 1. The number of benzene rings is 1. The first kappa shape index (κ1) is 13.3. The number of ether oxygens (including phenoxy) is 2. The van der Waals surface area contributed by atoms with Crippen molar-refractivity contribution < 1.29 is 24.8 Å². The molecule has 0 radical (unpaired) electrons. The molecular weight excluding hydrogens is 236 g/mol. The molecule has 0 bridgehead atoms. The number of rotatable bonds is 2. The van der Waals surface area contributed by atoms with Crippen molar-refractivity contribution in [3.8, 4) is 5.75 Å². The average Bonchev–Trinajstić information content (AvgIpc) is 2.36. The van der Waals surface area contributed by atoms with Gasteiger partial charge in [0.05, 0.1) is 6.10 Å². The maximum Gasteiger partial charge on any atom is 0.229 e. The van der Waals surface area contributed by atoms with Gasteiger partial charge in [-0.1, -0.05) is 17.7 Å². The summed E-state index contributed by atoms with van der Waals surface area (Å²) in [4.78, 5) is 0. The van der Waals surface area contributed by atoms with Crippen molar-refractivity contribution >= 4 is 0 Å². The number of aliphatic hydroxyl groups is 3. The van der Waals surface area contributed by atoms with Gasteiger partial charge in [-0.25, -0.2) is 0 Å². The van der Waals surface area contributed by atoms with Gasteiger partial charge in [-0.15, -0.1) is 0 Å². The Morgan fingerprint density at radius 2 is 1.61 bits per heavy atom. The van der Waals surface area contributed by atoms with E-state index in [1.165, 1.54) is 0 Å². The third-order valence-corrected chi connectivity index (χ3v) is 3.08. The molecule has 18 heavy (non-hydrogen) atoms. The van der Waals surface area contributed by atoms with Crippen LogP contribution in [0, 0.1) is 6.92 Å². The smallest absolute Gasteiger partial charge is 0.229 e. The number of hydrogen-bond acceptors (Lipinski definition) is 5. The molecule has 1 saturated heterocycles. The molecule has 5 atom stereocenters. The molecule has 5 nitrogen and oxygen atoms in total. The monoisotopic (exact) mass is 254 g/mol. The highest BCUT2D eigenvalue weighted by Gasteiger charge is 2.43. The second-order valence-corrected chi connectivity index (χ2v) is 4.61. The van der Waals surface area contributed by atoms with E-state index in [9.17, 15) is 15.3 Å². The number of aliphatic hydroxyl groups excluding tert-OH is 3. The van der Waals surface area contributed by atoms with Crippen molar-refractivity contribution in [2.75, 3.05) is 0 Å². The summed E-state index contributed by atoms with van der Waals surface area (Å²) in [7, 11) is 0. The first-order valence-corrected chi connectivity index (χ1v) is 5.92. The Balaban J connectivity index is 2.06. The van der Waals surface area contributed by atoms with Crippen LogP contribution >= 0.6 is 0 Å². The molecule has 1 aromatic carbocycles. The Labute approximate surface area is 106 Å². The maximum atomic E-state index is 9.78. The lowest BCUT2D eigenvalue weighted by atomic mass is 10.00. The summed E-state index contributed by atoms with van der Waals surface area (Å²) >= 11 is 0. The fourth-order valence-corrected chi connectivity index (χ4v) is 1.86. The molecule has 1 unspecified atom stereocenters. The minimum absolute atomic E-state index is 0.542. The minimum Gasteiger partial charge on any atom is -0.462 e. The molecule has 2 rings (SSSR count). The topological polar surface area (TPSA) is 79.2 Å². The van der Waals surface area contributed by atoms with Crippen LogP contribution in [-0.2, 0) is 4.74 Å². The van der Waals surface area contributed by atoms with Gasteiger partial charge in [0.25, 0.3) is 0 Å².